The van der Waals surface area contributed by atoms with E-state index in [9.17, 15) is 9.59 Å². The van der Waals surface area contributed by atoms with E-state index >= 15 is 0 Å². The van der Waals surface area contributed by atoms with Gasteiger partial charge >= 0.3 is 0 Å². The average Bonchev–Trinajstić information content (AvgIpc) is 2.96. The van der Waals surface area contributed by atoms with Gasteiger partial charge in [0.25, 0.3) is 0 Å². The molecule has 2 amide bonds. The molecule has 6 heteroatoms. The molecule has 2 heterocycles. The number of carbonyl (C=O) groups excluding carboxylic acids is 2. The number of amides is 2. The minimum atomic E-state index is -0.276. The van der Waals surface area contributed by atoms with E-state index in [-0.39, 0.29) is 30.2 Å². The van der Waals surface area contributed by atoms with E-state index in [1.54, 1.807) is 12.0 Å². The maximum Gasteiger partial charge on any atom is 0.228 e. The molecule has 1 unspecified atom stereocenters. The number of piperidine rings is 1. The van der Waals surface area contributed by atoms with Crippen molar-refractivity contribution in [2.45, 2.75) is 25.3 Å². The van der Waals surface area contributed by atoms with Gasteiger partial charge in [0.15, 0.2) is 0 Å². The molecule has 0 spiro atoms. The molecule has 0 aromatic heterocycles. The molecule has 0 aliphatic carbocycles. The van der Waals surface area contributed by atoms with Gasteiger partial charge in [-0.25, -0.2) is 0 Å². The smallest absolute Gasteiger partial charge is 0.228 e. The topological polar surface area (TPSA) is 75.9 Å². The second kappa shape index (κ2) is 6.58. The molecule has 2 saturated heterocycles. The number of hydrogen-bond acceptors (Lipinski definition) is 4. The van der Waals surface area contributed by atoms with Crippen molar-refractivity contribution in [1.82, 2.24) is 4.90 Å². The highest BCUT2D eigenvalue weighted by molar-refractivity contribution is 6.01. The number of rotatable bonds is 3. The maximum atomic E-state index is 12.7. The summed E-state index contributed by atoms with van der Waals surface area (Å²) in [6, 6.07) is 7.59. The summed E-state index contributed by atoms with van der Waals surface area (Å²) >= 11 is 0. The summed E-state index contributed by atoms with van der Waals surface area (Å²) in [7, 11) is 1.58. The Morgan fingerprint density at radius 1 is 1.26 bits per heavy atom. The van der Waals surface area contributed by atoms with Crippen LogP contribution in [0.25, 0.3) is 0 Å². The van der Waals surface area contributed by atoms with Crippen LogP contribution in [0.4, 0.5) is 5.69 Å². The fourth-order valence-corrected chi connectivity index (χ4v) is 3.34. The van der Waals surface area contributed by atoms with Gasteiger partial charge in [-0.2, -0.15) is 0 Å². The lowest BCUT2D eigenvalue weighted by Crippen LogP contribution is -2.45. The van der Waals surface area contributed by atoms with Crippen molar-refractivity contribution >= 4 is 17.5 Å². The monoisotopic (exact) mass is 317 g/mol. The summed E-state index contributed by atoms with van der Waals surface area (Å²) < 4.78 is 5.33. The normalized spacial score (nSPS) is 22.5. The van der Waals surface area contributed by atoms with Gasteiger partial charge in [0.2, 0.25) is 11.8 Å². The molecule has 1 aromatic carbocycles. The number of nitrogens with zero attached hydrogens (tertiary/aromatic N) is 2. The maximum absolute atomic E-state index is 12.7. The van der Waals surface area contributed by atoms with E-state index in [2.05, 4.69) is 0 Å². The third kappa shape index (κ3) is 3.17. The molecule has 2 fully saturated rings. The predicted molar refractivity (Wildman–Crippen MR) is 87.2 cm³/mol. The fourth-order valence-electron chi connectivity index (χ4n) is 3.34. The second-order valence-corrected chi connectivity index (χ2v) is 6.24. The average molecular weight is 317 g/mol. The number of ether oxygens (including phenoxy) is 1. The van der Waals surface area contributed by atoms with E-state index in [0.29, 0.717) is 25.4 Å². The molecule has 124 valence electrons. The summed E-state index contributed by atoms with van der Waals surface area (Å²) in [4.78, 5) is 28.5. The molecule has 3 rings (SSSR count). The molecule has 0 bridgehead atoms. The summed E-state index contributed by atoms with van der Waals surface area (Å²) in [6.45, 7) is 1.80. The van der Waals surface area contributed by atoms with Crippen molar-refractivity contribution in [2.24, 2.45) is 11.7 Å². The third-order valence-electron chi connectivity index (χ3n) is 4.70. The molecule has 0 saturated carbocycles. The van der Waals surface area contributed by atoms with Gasteiger partial charge in [0, 0.05) is 32.1 Å². The molecule has 2 N–H and O–H groups in total. The zero-order valence-electron chi connectivity index (χ0n) is 13.4. The quantitative estimate of drug-likeness (QED) is 0.902. The fraction of sp³-hybridized carbons (Fsp3) is 0.529. The van der Waals surface area contributed by atoms with Crippen LogP contribution in [-0.4, -0.2) is 49.5 Å². The lowest BCUT2D eigenvalue weighted by molar-refractivity contribution is -0.136. The van der Waals surface area contributed by atoms with E-state index in [0.717, 1.165) is 18.5 Å². The standard InChI is InChI=1S/C17H23N3O3/c1-23-15-5-3-2-4-14(15)20-11-12(10-16(20)21)17(22)19-8-6-13(18)7-9-19/h2-5,12-13H,6-11,18H2,1H3. The number of methoxy groups -OCH3 is 1. The minimum absolute atomic E-state index is 0.0263. The van der Waals surface area contributed by atoms with Crippen LogP contribution in [0.5, 0.6) is 5.75 Å². The number of nitrogens with two attached hydrogens (primary N) is 1. The Balaban J connectivity index is 1.71. The van der Waals surface area contributed by atoms with Crippen molar-refractivity contribution < 1.29 is 14.3 Å². The highest BCUT2D eigenvalue weighted by atomic mass is 16.5. The van der Waals surface area contributed by atoms with Crippen LogP contribution >= 0.6 is 0 Å². The van der Waals surface area contributed by atoms with Crippen molar-refractivity contribution in [2.75, 3.05) is 31.6 Å². The Morgan fingerprint density at radius 2 is 1.96 bits per heavy atom. The minimum Gasteiger partial charge on any atom is -0.495 e. The first kappa shape index (κ1) is 15.8. The van der Waals surface area contributed by atoms with Gasteiger partial charge in [-0.3, -0.25) is 9.59 Å². The first-order chi connectivity index (χ1) is 11.1. The van der Waals surface area contributed by atoms with Crippen LogP contribution in [0, 0.1) is 5.92 Å². The summed E-state index contributed by atoms with van der Waals surface area (Å²) in [5.74, 6) is 0.420. The highest BCUT2D eigenvalue weighted by Gasteiger charge is 2.38. The van der Waals surface area contributed by atoms with Crippen LogP contribution in [0.1, 0.15) is 19.3 Å². The van der Waals surface area contributed by atoms with Gasteiger partial charge in [-0.15, -0.1) is 0 Å². The molecule has 23 heavy (non-hydrogen) atoms. The number of benzene rings is 1. The first-order valence-corrected chi connectivity index (χ1v) is 8.08. The third-order valence-corrected chi connectivity index (χ3v) is 4.70. The Kier molecular flexibility index (Phi) is 4.52. The van der Waals surface area contributed by atoms with Crippen molar-refractivity contribution in [3.05, 3.63) is 24.3 Å². The number of para-hydroxylation sites is 2. The van der Waals surface area contributed by atoms with E-state index in [1.165, 1.54) is 0 Å². The van der Waals surface area contributed by atoms with Gasteiger partial charge in [-0.05, 0) is 25.0 Å². The Morgan fingerprint density at radius 3 is 2.65 bits per heavy atom. The SMILES string of the molecule is COc1ccccc1N1CC(C(=O)N2CCC(N)CC2)CC1=O. The van der Waals surface area contributed by atoms with Crippen molar-refractivity contribution in [3.63, 3.8) is 0 Å². The summed E-state index contributed by atoms with van der Waals surface area (Å²) in [5, 5.41) is 0. The lowest BCUT2D eigenvalue weighted by atomic mass is 10.0. The van der Waals surface area contributed by atoms with Crippen LogP contribution < -0.4 is 15.4 Å². The molecule has 6 nitrogen and oxygen atoms in total. The summed E-state index contributed by atoms with van der Waals surface area (Å²) in [6.07, 6.45) is 1.94. The molecule has 2 aliphatic heterocycles. The predicted octanol–water partition coefficient (Wildman–Crippen LogP) is 0.998. The zero-order valence-corrected chi connectivity index (χ0v) is 13.4. The molecular weight excluding hydrogens is 294 g/mol. The van der Waals surface area contributed by atoms with Crippen LogP contribution in [-0.2, 0) is 9.59 Å². The molecule has 2 aliphatic rings. The lowest BCUT2D eigenvalue weighted by Gasteiger charge is -2.32. The van der Waals surface area contributed by atoms with E-state index in [4.69, 9.17) is 10.5 Å². The highest BCUT2D eigenvalue weighted by Crippen LogP contribution is 2.33. The van der Waals surface area contributed by atoms with E-state index in [1.807, 2.05) is 29.2 Å². The number of likely N-dealkylation sites (tertiary alicyclic amines) is 1. The van der Waals surface area contributed by atoms with Crippen molar-refractivity contribution in [1.29, 1.82) is 0 Å². The first-order valence-electron chi connectivity index (χ1n) is 8.08. The number of anilines is 1. The van der Waals surface area contributed by atoms with Crippen LogP contribution in [0.3, 0.4) is 0 Å². The second-order valence-electron chi connectivity index (χ2n) is 6.24. The zero-order chi connectivity index (χ0) is 16.4. The Labute approximate surface area is 136 Å². The van der Waals surface area contributed by atoms with Gasteiger partial charge in [0.05, 0.1) is 18.7 Å². The number of hydrogen-bond donors (Lipinski definition) is 1. The van der Waals surface area contributed by atoms with Gasteiger partial charge in [0.1, 0.15) is 5.75 Å². The van der Waals surface area contributed by atoms with Crippen LogP contribution in [0.2, 0.25) is 0 Å². The van der Waals surface area contributed by atoms with Gasteiger partial charge < -0.3 is 20.3 Å². The molecule has 0 radical (unpaired) electrons. The Hall–Kier alpha value is -2.08. The molecule has 1 atom stereocenters. The molecular formula is C17H23N3O3. The molecule has 1 aromatic rings. The van der Waals surface area contributed by atoms with E-state index < -0.39 is 0 Å². The Bertz CT molecular complexity index is 597. The van der Waals surface area contributed by atoms with Crippen LogP contribution in [0.15, 0.2) is 24.3 Å². The van der Waals surface area contributed by atoms with Gasteiger partial charge in [-0.1, -0.05) is 12.1 Å². The number of carbonyl (C=O) groups is 2. The largest absolute Gasteiger partial charge is 0.495 e. The van der Waals surface area contributed by atoms with Crippen molar-refractivity contribution in [3.8, 4) is 5.75 Å². The summed E-state index contributed by atoms with van der Waals surface area (Å²) in [5.41, 5.74) is 6.62.